The number of carboxylic acid groups (broad SMARTS) is 1. The number of aromatic carboxylic acids is 1. The van der Waals surface area contributed by atoms with E-state index < -0.39 is 5.97 Å². The minimum absolute atomic E-state index is 0.00509. The first kappa shape index (κ1) is 11.6. The highest BCUT2D eigenvalue weighted by Gasteiger charge is 2.14. The van der Waals surface area contributed by atoms with E-state index in [1.165, 1.54) is 0 Å². The fraction of sp³-hybridized carbons (Fsp3) is 0.417. The number of hydrogen-bond donors (Lipinski definition) is 1. The number of hydrogen-bond acceptors (Lipinski definition) is 2. The van der Waals surface area contributed by atoms with E-state index in [0.29, 0.717) is 11.7 Å². The minimum atomic E-state index is -0.957. The molecule has 0 radical (unpaired) electrons. The van der Waals surface area contributed by atoms with Gasteiger partial charge in [-0.3, -0.25) is 0 Å². The van der Waals surface area contributed by atoms with Crippen LogP contribution in [0.15, 0.2) is 24.3 Å². The van der Waals surface area contributed by atoms with Crippen LogP contribution in [-0.4, -0.2) is 17.2 Å². The Morgan fingerprint density at radius 1 is 1.27 bits per heavy atom. The summed E-state index contributed by atoms with van der Waals surface area (Å²) in [6, 6.07) is 6.69. The number of carboxylic acids is 1. The van der Waals surface area contributed by atoms with Crippen molar-refractivity contribution in [3.8, 4) is 5.75 Å². The highest BCUT2D eigenvalue weighted by Crippen LogP contribution is 2.21. The van der Waals surface area contributed by atoms with Crippen molar-refractivity contribution < 1.29 is 14.6 Å². The molecule has 82 valence electrons. The predicted octanol–water partition coefficient (Wildman–Crippen LogP) is 2.81. The molecule has 1 aromatic rings. The van der Waals surface area contributed by atoms with Gasteiger partial charge in [-0.05, 0) is 25.0 Å². The van der Waals surface area contributed by atoms with Gasteiger partial charge in [-0.15, -0.1) is 0 Å². The maximum Gasteiger partial charge on any atom is 0.339 e. The highest BCUT2D eigenvalue weighted by molar-refractivity contribution is 5.90. The maximum absolute atomic E-state index is 10.9. The molecule has 0 spiro atoms. The Labute approximate surface area is 89.7 Å². The van der Waals surface area contributed by atoms with Gasteiger partial charge >= 0.3 is 5.97 Å². The molecule has 0 aliphatic rings. The zero-order chi connectivity index (χ0) is 11.4. The monoisotopic (exact) mass is 208 g/mol. The van der Waals surface area contributed by atoms with E-state index in [1.807, 2.05) is 20.8 Å². The first-order valence-corrected chi connectivity index (χ1v) is 5.01. The third-order valence-electron chi connectivity index (χ3n) is 2.37. The molecular weight excluding hydrogens is 192 g/mol. The van der Waals surface area contributed by atoms with E-state index in [1.54, 1.807) is 24.3 Å². The average Bonchev–Trinajstić information content (AvgIpc) is 2.18. The highest BCUT2D eigenvalue weighted by atomic mass is 16.5. The second-order valence-corrected chi connectivity index (χ2v) is 3.87. The molecule has 0 fully saturated rings. The molecule has 1 N–H and O–H groups in total. The zero-order valence-electron chi connectivity index (χ0n) is 9.23. The van der Waals surface area contributed by atoms with E-state index >= 15 is 0 Å². The smallest absolute Gasteiger partial charge is 0.339 e. The van der Waals surface area contributed by atoms with Crippen molar-refractivity contribution in [3.05, 3.63) is 29.8 Å². The van der Waals surface area contributed by atoms with Crippen LogP contribution in [0.25, 0.3) is 0 Å². The molecule has 1 rings (SSSR count). The normalized spacial score (nSPS) is 12.5. The van der Waals surface area contributed by atoms with Crippen LogP contribution in [0.2, 0.25) is 0 Å². The molecule has 0 aliphatic heterocycles. The molecule has 15 heavy (non-hydrogen) atoms. The Kier molecular flexibility index (Phi) is 3.72. The summed E-state index contributed by atoms with van der Waals surface area (Å²) in [7, 11) is 0. The molecule has 0 heterocycles. The summed E-state index contributed by atoms with van der Waals surface area (Å²) in [5.74, 6) is -0.167. The number of para-hydroxylation sites is 1. The lowest BCUT2D eigenvalue weighted by molar-refractivity contribution is 0.0687. The molecule has 0 aromatic heterocycles. The summed E-state index contributed by atoms with van der Waals surface area (Å²) < 4.78 is 5.59. The van der Waals surface area contributed by atoms with Gasteiger partial charge in [-0.2, -0.15) is 0 Å². The van der Waals surface area contributed by atoms with Gasteiger partial charge in [0.15, 0.2) is 0 Å². The van der Waals surface area contributed by atoms with Crippen molar-refractivity contribution in [1.29, 1.82) is 0 Å². The molecule has 1 atom stereocenters. The van der Waals surface area contributed by atoms with E-state index in [9.17, 15) is 4.79 Å². The van der Waals surface area contributed by atoms with Crippen LogP contribution in [0.3, 0.4) is 0 Å². The molecule has 0 saturated carbocycles. The van der Waals surface area contributed by atoms with E-state index in [2.05, 4.69) is 0 Å². The number of rotatable bonds is 4. The van der Waals surface area contributed by atoms with Crippen molar-refractivity contribution in [2.75, 3.05) is 0 Å². The fourth-order valence-corrected chi connectivity index (χ4v) is 1.08. The van der Waals surface area contributed by atoms with Gasteiger partial charge < -0.3 is 9.84 Å². The molecular formula is C12H16O3. The van der Waals surface area contributed by atoms with Crippen molar-refractivity contribution in [1.82, 2.24) is 0 Å². The van der Waals surface area contributed by atoms with Crippen LogP contribution in [-0.2, 0) is 0 Å². The zero-order valence-corrected chi connectivity index (χ0v) is 9.23. The van der Waals surface area contributed by atoms with Crippen LogP contribution in [0, 0.1) is 5.92 Å². The van der Waals surface area contributed by atoms with Crippen molar-refractivity contribution >= 4 is 5.97 Å². The minimum Gasteiger partial charge on any atom is -0.490 e. The van der Waals surface area contributed by atoms with Crippen LogP contribution in [0.1, 0.15) is 31.1 Å². The average molecular weight is 208 g/mol. The Balaban J connectivity index is 2.89. The number of carbonyl (C=O) groups is 1. The Morgan fingerprint density at radius 2 is 1.87 bits per heavy atom. The summed E-state index contributed by atoms with van der Waals surface area (Å²) in [6.07, 6.45) is 0.00509. The van der Waals surface area contributed by atoms with Gasteiger partial charge in [0.1, 0.15) is 11.3 Å². The Bertz CT molecular complexity index is 344. The summed E-state index contributed by atoms with van der Waals surface area (Å²) in [4.78, 5) is 10.9. The molecule has 0 amide bonds. The van der Waals surface area contributed by atoms with Crippen LogP contribution < -0.4 is 4.74 Å². The Morgan fingerprint density at radius 3 is 2.40 bits per heavy atom. The molecule has 3 nitrogen and oxygen atoms in total. The van der Waals surface area contributed by atoms with Crippen molar-refractivity contribution in [2.45, 2.75) is 26.9 Å². The van der Waals surface area contributed by atoms with Crippen LogP contribution in [0.5, 0.6) is 5.75 Å². The largest absolute Gasteiger partial charge is 0.490 e. The third kappa shape index (κ3) is 2.98. The molecule has 0 bridgehead atoms. The van der Waals surface area contributed by atoms with Crippen LogP contribution in [0.4, 0.5) is 0 Å². The molecule has 1 unspecified atom stereocenters. The molecule has 3 heteroatoms. The summed E-state index contributed by atoms with van der Waals surface area (Å²) in [5.41, 5.74) is 0.213. The Hall–Kier alpha value is -1.51. The second kappa shape index (κ2) is 4.82. The van der Waals surface area contributed by atoms with Gasteiger partial charge in [-0.25, -0.2) is 4.79 Å². The standard InChI is InChI=1S/C12H16O3/c1-8(2)9(3)15-11-7-5-4-6-10(11)12(13)14/h4-9H,1-3H3,(H,13,14). The van der Waals surface area contributed by atoms with Gasteiger partial charge in [0.05, 0.1) is 6.10 Å². The van der Waals surface area contributed by atoms with Crippen molar-refractivity contribution in [3.63, 3.8) is 0 Å². The van der Waals surface area contributed by atoms with E-state index in [0.717, 1.165) is 0 Å². The summed E-state index contributed by atoms with van der Waals surface area (Å²) in [5, 5.41) is 8.94. The van der Waals surface area contributed by atoms with E-state index in [4.69, 9.17) is 9.84 Å². The lowest BCUT2D eigenvalue weighted by Crippen LogP contribution is -2.19. The number of ether oxygens (including phenoxy) is 1. The van der Waals surface area contributed by atoms with Gasteiger partial charge in [0.2, 0.25) is 0 Å². The molecule has 0 saturated heterocycles. The topological polar surface area (TPSA) is 46.5 Å². The maximum atomic E-state index is 10.9. The quantitative estimate of drug-likeness (QED) is 0.827. The van der Waals surface area contributed by atoms with Gasteiger partial charge in [-0.1, -0.05) is 26.0 Å². The third-order valence-corrected chi connectivity index (χ3v) is 2.37. The van der Waals surface area contributed by atoms with Gasteiger partial charge in [0.25, 0.3) is 0 Å². The lowest BCUT2D eigenvalue weighted by Gasteiger charge is -2.19. The van der Waals surface area contributed by atoms with Crippen molar-refractivity contribution in [2.24, 2.45) is 5.92 Å². The van der Waals surface area contributed by atoms with E-state index in [-0.39, 0.29) is 11.7 Å². The predicted molar refractivity (Wildman–Crippen MR) is 58.3 cm³/mol. The number of benzene rings is 1. The van der Waals surface area contributed by atoms with Crippen LogP contribution >= 0.6 is 0 Å². The first-order chi connectivity index (χ1) is 7.02. The summed E-state index contributed by atoms with van der Waals surface area (Å²) in [6.45, 7) is 6.01. The molecule has 0 aliphatic carbocycles. The molecule has 1 aromatic carbocycles. The lowest BCUT2D eigenvalue weighted by atomic mass is 10.1. The fourth-order valence-electron chi connectivity index (χ4n) is 1.08. The van der Waals surface area contributed by atoms with Gasteiger partial charge in [0, 0.05) is 0 Å². The summed E-state index contributed by atoms with van der Waals surface area (Å²) >= 11 is 0. The second-order valence-electron chi connectivity index (χ2n) is 3.87. The first-order valence-electron chi connectivity index (χ1n) is 5.01. The SMILES string of the molecule is CC(C)C(C)Oc1ccccc1C(=O)O.